The van der Waals surface area contributed by atoms with E-state index in [1.54, 1.807) is 6.07 Å². The fourth-order valence-corrected chi connectivity index (χ4v) is 3.15. The van der Waals surface area contributed by atoms with Gasteiger partial charge in [-0.2, -0.15) is 0 Å². The molecule has 0 radical (unpaired) electrons. The molecule has 5 nitrogen and oxygen atoms in total. The van der Waals surface area contributed by atoms with Crippen LogP contribution < -0.4 is 10.3 Å². The van der Waals surface area contributed by atoms with Gasteiger partial charge in [0.25, 0.3) is 5.56 Å². The molecule has 0 saturated carbocycles. The monoisotopic (exact) mass is 333 g/mol. The van der Waals surface area contributed by atoms with Crippen molar-refractivity contribution in [1.29, 1.82) is 0 Å². The summed E-state index contributed by atoms with van der Waals surface area (Å²) in [5.74, 6) is 0.437. The minimum Gasteiger partial charge on any atom is -0.494 e. The molecule has 0 bridgehead atoms. The number of aromatic nitrogens is 2. The van der Waals surface area contributed by atoms with Gasteiger partial charge in [0.1, 0.15) is 10.5 Å². The first-order valence-electron chi connectivity index (χ1n) is 7.04. The normalized spacial score (nSPS) is 11.3. The molecule has 1 aromatic carbocycles. The first-order valence-corrected chi connectivity index (χ1v) is 7.92. The number of H-pyrrole nitrogens is 1. The van der Waals surface area contributed by atoms with Crippen LogP contribution in [0.2, 0.25) is 0 Å². The van der Waals surface area contributed by atoms with Gasteiger partial charge in [-0.1, -0.05) is 6.07 Å². The van der Waals surface area contributed by atoms with Crippen LogP contribution in [-0.4, -0.2) is 29.0 Å². The molecule has 23 heavy (non-hydrogen) atoms. The first-order chi connectivity index (χ1) is 11.1. The molecule has 0 amide bonds. The van der Waals surface area contributed by atoms with E-state index in [1.807, 2.05) is 29.5 Å². The topological polar surface area (TPSA) is 58.2 Å². The lowest BCUT2D eigenvalue weighted by Gasteiger charge is -2.16. The molecule has 0 aliphatic rings. The number of aromatic amines is 1. The summed E-state index contributed by atoms with van der Waals surface area (Å²) in [6, 6.07) is 6.71. The Balaban J connectivity index is 1.74. The maximum atomic E-state index is 13.7. The summed E-state index contributed by atoms with van der Waals surface area (Å²) in [6.45, 7) is 1.00. The molecule has 0 aliphatic carbocycles. The van der Waals surface area contributed by atoms with Gasteiger partial charge in [0, 0.05) is 6.54 Å². The van der Waals surface area contributed by atoms with E-state index >= 15 is 0 Å². The number of methoxy groups -OCH3 is 1. The Morgan fingerprint density at radius 1 is 1.35 bits per heavy atom. The van der Waals surface area contributed by atoms with Crippen molar-refractivity contribution in [2.75, 3.05) is 14.2 Å². The summed E-state index contributed by atoms with van der Waals surface area (Å²) in [5, 5.41) is 1.85. The number of halogens is 1. The lowest BCUT2D eigenvalue weighted by molar-refractivity contribution is 0.309. The number of thiophene rings is 1. The largest absolute Gasteiger partial charge is 0.494 e. The Hall–Kier alpha value is -2.25. The summed E-state index contributed by atoms with van der Waals surface area (Å²) in [6.07, 6.45) is 0. The second-order valence-electron chi connectivity index (χ2n) is 5.29. The van der Waals surface area contributed by atoms with E-state index in [1.165, 1.54) is 24.5 Å². The third-order valence-electron chi connectivity index (χ3n) is 3.45. The lowest BCUT2D eigenvalue weighted by atomic mass is 10.2. The summed E-state index contributed by atoms with van der Waals surface area (Å²) in [5.41, 5.74) is 1.41. The predicted octanol–water partition coefficient (Wildman–Crippen LogP) is 2.76. The van der Waals surface area contributed by atoms with Crippen molar-refractivity contribution in [3.8, 4) is 5.75 Å². The highest BCUT2D eigenvalue weighted by atomic mass is 32.1. The minimum atomic E-state index is -0.385. The average molecular weight is 333 g/mol. The van der Waals surface area contributed by atoms with Crippen LogP contribution in [0.1, 0.15) is 11.4 Å². The van der Waals surface area contributed by atoms with Crippen LogP contribution in [0.4, 0.5) is 4.39 Å². The molecule has 3 aromatic rings. The number of nitrogens with zero attached hydrogens (tertiary/aromatic N) is 2. The standard InChI is InChI=1S/C16H16FN3O2S/c1-20(8-10-3-4-13(22-2)11(17)7-10)9-14-18-12-5-6-23-15(12)16(21)19-14/h3-7H,8-9H2,1-2H3,(H,18,19,21). The van der Waals surface area contributed by atoms with Gasteiger partial charge in [-0.25, -0.2) is 9.37 Å². The van der Waals surface area contributed by atoms with Gasteiger partial charge >= 0.3 is 0 Å². The Kier molecular flexibility index (Phi) is 4.40. The van der Waals surface area contributed by atoms with Gasteiger partial charge in [-0.15, -0.1) is 11.3 Å². The third-order valence-corrected chi connectivity index (χ3v) is 4.35. The minimum absolute atomic E-state index is 0.121. The predicted molar refractivity (Wildman–Crippen MR) is 88.4 cm³/mol. The van der Waals surface area contributed by atoms with Gasteiger partial charge in [-0.3, -0.25) is 9.69 Å². The van der Waals surface area contributed by atoms with Crippen molar-refractivity contribution in [2.45, 2.75) is 13.1 Å². The molecule has 0 spiro atoms. The highest BCUT2D eigenvalue weighted by Gasteiger charge is 2.09. The van der Waals surface area contributed by atoms with Crippen LogP contribution in [0.3, 0.4) is 0 Å². The quantitative estimate of drug-likeness (QED) is 0.780. The van der Waals surface area contributed by atoms with Crippen LogP contribution in [0.15, 0.2) is 34.4 Å². The second kappa shape index (κ2) is 6.47. The maximum Gasteiger partial charge on any atom is 0.268 e. The first kappa shape index (κ1) is 15.6. The molecule has 0 fully saturated rings. The molecule has 0 unspecified atom stereocenters. The molecule has 1 N–H and O–H groups in total. The smallest absolute Gasteiger partial charge is 0.268 e. The van der Waals surface area contributed by atoms with Crippen molar-refractivity contribution in [2.24, 2.45) is 0 Å². The molecule has 2 heterocycles. The Labute approximate surface area is 136 Å². The van der Waals surface area contributed by atoms with Gasteiger partial charge in [0.05, 0.1) is 19.2 Å². The SMILES string of the molecule is COc1ccc(CN(C)Cc2nc3ccsc3c(=O)[nH]2)cc1F. The molecule has 0 saturated heterocycles. The van der Waals surface area contributed by atoms with Gasteiger partial charge in [0.2, 0.25) is 0 Å². The highest BCUT2D eigenvalue weighted by molar-refractivity contribution is 7.17. The van der Waals surface area contributed by atoms with E-state index in [0.29, 0.717) is 29.1 Å². The summed E-state index contributed by atoms with van der Waals surface area (Å²) in [7, 11) is 3.33. The van der Waals surface area contributed by atoms with Gasteiger partial charge in [-0.05, 0) is 36.2 Å². The Bertz CT molecular complexity index is 890. The molecule has 0 atom stereocenters. The van der Waals surface area contributed by atoms with Crippen LogP contribution >= 0.6 is 11.3 Å². The van der Waals surface area contributed by atoms with E-state index in [2.05, 4.69) is 9.97 Å². The second-order valence-corrected chi connectivity index (χ2v) is 6.20. The van der Waals surface area contributed by atoms with E-state index in [-0.39, 0.29) is 17.1 Å². The summed E-state index contributed by atoms with van der Waals surface area (Å²) < 4.78 is 19.3. The zero-order valence-electron chi connectivity index (χ0n) is 12.8. The molecule has 7 heteroatoms. The van der Waals surface area contributed by atoms with Gasteiger partial charge in [0.15, 0.2) is 11.6 Å². The van der Waals surface area contributed by atoms with E-state index < -0.39 is 0 Å². The number of nitrogens with one attached hydrogen (secondary N) is 1. The zero-order valence-corrected chi connectivity index (χ0v) is 13.6. The van der Waals surface area contributed by atoms with Gasteiger partial charge < -0.3 is 9.72 Å². The van der Waals surface area contributed by atoms with E-state index in [9.17, 15) is 9.18 Å². The lowest BCUT2D eigenvalue weighted by Crippen LogP contribution is -2.21. The number of rotatable bonds is 5. The van der Waals surface area contributed by atoms with Crippen molar-refractivity contribution in [1.82, 2.24) is 14.9 Å². The zero-order chi connectivity index (χ0) is 16.4. The van der Waals surface area contributed by atoms with Crippen LogP contribution in [0, 0.1) is 5.82 Å². The molecule has 2 aromatic heterocycles. The summed E-state index contributed by atoms with van der Waals surface area (Å²) in [4.78, 5) is 21.1. The number of hydrogen-bond donors (Lipinski definition) is 1. The highest BCUT2D eigenvalue weighted by Crippen LogP contribution is 2.19. The van der Waals surface area contributed by atoms with Crippen molar-refractivity contribution >= 4 is 21.6 Å². The third kappa shape index (κ3) is 3.40. The summed E-state index contributed by atoms with van der Waals surface area (Å²) >= 11 is 1.38. The van der Waals surface area contributed by atoms with E-state index in [4.69, 9.17) is 4.74 Å². The Morgan fingerprint density at radius 3 is 2.91 bits per heavy atom. The fraction of sp³-hybridized carbons (Fsp3) is 0.250. The number of ether oxygens (including phenoxy) is 1. The average Bonchev–Trinajstić information content (AvgIpc) is 2.96. The van der Waals surface area contributed by atoms with E-state index in [0.717, 1.165) is 5.56 Å². The molecule has 3 rings (SSSR count). The number of benzene rings is 1. The van der Waals surface area contributed by atoms with Crippen molar-refractivity contribution < 1.29 is 9.13 Å². The number of fused-ring (bicyclic) bond motifs is 1. The van der Waals surface area contributed by atoms with Crippen molar-refractivity contribution in [3.63, 3.8) is 0 Å². The Morgan fingerprint density at radius 2 is 2.17 bits per heavy atom. The number of hydrogen-bond acceptors (Lipinski definition) is 5. The van der Waals surface area contributed by atoms with Crippen LogP contribution in [-0.2, 0) is 13.1 Å². The fourth-order valence-electron chi connectivity index (χ4n) is 2.43. The molecular formula is C16H16FN3O2S. The van der Waals surface area contributed by atoms with Crippen LogP contribution in [0.25, 0.3) is 10.2 Å². The maximum absolute atomic E-state index is 13.7. The molecule has 0 aliphatic heterocycles. The van der Waals surface area contributed by atoms with Crippen LogP contribution in [0.5, 0.6) is 5.75 Å². The molecule has 120 valence electrons. The van der Waals surface area contributed by atoms with Crippen molar-refractivity contribution in [3.05, 3.63) is 57.2 Å². The molecular weight excluding hydrogens is 317 g/mol.